The highest BCUT2D eigenvalue weighted by Gasteiger charge is 2.40. The van der Waals surface area contributed by atoms with Gasteiger partial charge in [0.25, 0.3) is 10.1 Å². The van der Waals surface area contributed by atoms with Crippen molar-refractivity contribution < 1.29 is 37.3 Å². The zero-order valence-corrected chi connectivity index (χ0v) is 84.8. The standard InChI is InChI=1S/C20H22BBr2ClN2O.2C19H19Br2ClN2.C14H10Br2ClN.C11H13NO3.C7H16BNO4S/c1-21(27)26-6-4-12(5-7-26)19-18-13(9-16(24)10-17(18)23)2-3-14-8-15(22)11-25-20(14)19;2*20-14-7-13-2-1-12-8-15(22)9-16(21)17(12)18(19(13)24-10-14)11-3-5-23-6-4-11;15-10-3-9-2-1-8-4-11(17)5-13(16)12(8)6-14(9)18-7-10;1-8(13)12-10(11(14)15)7-9-5-3-2-4-6-9;1-8(10)9-5-3-7(4-6-9)13-14(2,11)12/h8-12,19,27H,2-7H2,1H3;2*7-11,18,23H,1-6H2;3-5,7H,1-2,6H2;2-6,10H,7H2,1H3,(H,12,13)(H,14,15);7,10H,3-6H2,1-2H3/p-1/t19-;2*18-;;;/m111.../s1. The predicted molar refractivity (Wildman–Crippen MR) is 519 cm³/mol. The number of carboxylic acids is 1. The second-order valence-corrected chi connectivity index (χ2v) is 42.9. The number of fused-ring (bicyclic) bond motifs is 8. The van der Waals surface area contributed by atoms with Gasteiger partial charge in [-0.05, 0) is 402 Å². The summed E-state index contributed by atoms with van der Waals surface area (Å²) in [5.74, 6) is 1.05. The van der Waals surface area contributed by atoms with E-state index >= 15 is 0 Å². The molecule has 648 valence electrons. The van der Waals surface area contributed by atoms with Gasteiger partial charge in [0, 0.05) is 117 Å². The summed E-state index contributed by atoms with van der Waals surface area (Å²) in [6, 6.07) is 33.6. The fraction of sp³-hybridized carbons (Fsp3) is 0.422. The molecule has 0 saturated carbocycles. The molecule has 9 aromatic rings. The lowest BCUT2D eigenvalue weighted by Crippen LogP contribution is -2.48. The first kappa shape index (κ1) is 97.5. The summed E-state index contributed by atoms with van der Waals surface area (Å²) in [4.78, 5) is 44.7. The van der Waals surface area contributed by atoms with Gasteiger partial charge in [-0.15, -0.1) is 0 Å². The Morgan fingerprint density at radius 2 is 0.844 bits per heavy atom. The Kier molecular flexibility index (Phi) is 36.6. The number of hydrogen-bond donors (Lipinski definition) is 5. The van der Waals surface area contributed by atoms with Crippen molar-refractivity contribution in [1.82, 2.24) is 45.5 Å². The van der Waals surface area contributed by atoms with E-state index in [2.05, 4.69) is 202 Å². The first-order valence-electron chi connectivity index (χ1n) is 41.4. The molecule has 122 heavy (non-hydrogen) atoms. The number of halogens is 12. The molecule has 4 fully saturated rings. The minimum atomic E-state index is -3.34. The largest absolute Gasteiger partial charge is 0.548 e. The summed E-state index contributed by atoms with van der Waals surface area (Å²) in [5.41, 5.74) is 22.0. The van der Waals surface area contributed by atoms with Crippen LogP contribution in [0.2, 0.25) is 33.7 Å². The highest BCUT2D eigenvalue weighted by atomic mass is 79.9. The third-order valence-electron chi connectivity index (χ3n) is 24.1. The van der Waals surface area contributed by atoms with Gasteiger partial charge in [0.05, 0.1) is 41.5 Å². The molecule has 0 radical (unpaired) electrons. The van der Waals surface area contributed by atoms with Crippen LogP contribution in [0, 0.1) is 17.8 Å². The molecule has 5 N–H and O–H groups in total. The van der Waals surface area contributed by atoms with Crippen LogP contribution in [0.15, 0.2) is 164 Å². The molecule has 0 bridgehead atoms. The Bertz CT molecular complexity index is 5160. The molecular weight excluding hydrogens is 2170 g/mol. The normalized spacial score (nSPS) is 18.8. The van der Waals surface area contributed by atoms with Crippen molar-refractivity contribution in [3.63, 3.8) is 0 Å². The van der Waals surface area contributed by atoms with Crippen LogP contribution in [-0.2, 0) is 88.1 Å². The third kappa shape index (κ3) is 26.6. The van der Waals surface area contributed by atoms with Crippen LogP contribution in [0.1, 0.15) is 171 Å². The predicted octanol–water partition coefficient (Wildman–Crippen LogP) is 20.3. The minimum absolute atomic E-state index is 0.222. The molecule has 17 rings (SSSR count). The maximum absolute atomic E-state index is 10.8. The lowest BCUT2D eigenvalue weighted by atomic mass is 9.73. The van der Waals surface area contributed by atoms with Crippen molar-refractivity contribution in [3.05, 3.63) is 279 Å². The van der Waals surface area contributed by atoms with E-state index < -0.39 is 29.2 Å². The molecule has 1 unspecified atom stereocenters. The van der Waals surface area contributed by atoms with Gasteiger partial charge in [-0.1, -0.05) is 140 Å². The van der Waals surface area contributed by atoms with E-state index in [1.54, 1.807) is 19.0 Å². The fourth-order valence-electron chi connectivity index (χ4n) is 18.4. The maximum Gasteiger partial charge on any atom is 0.376 e. The summed E-state index contributed by atoms with van der Waals surface area (Å²) in [6.45, 7) is 12.4. The van der Waals surface area contributed by atoms with Gasteiger partial charge in [-0.2, -0.15) is 8.42 Å². The molecule has 8 aliphatic rings. The quantitative estimate of drug-likeness (QED) is 0.0598. The SMILES string of the molecule is CB(O)N1CCC(OS(C)(=O)=O)CC1.CB(O)N1CCC([C@H]2c3ncc(Br)cc3CCc3cc(Cl)cc(Br)c32)CC1.CC(=O)NC(Cc1ccccc1)C(=O)[O-].Clc1cc(Br)c2c(c1)CCc1cc(Br)cnc1C2.Clc1cc(Br)c2c(c1)CCc1cc(Br)cnc1[C@@H]2C1CCNCC1.Clc1cc(Br)c2c(c1)CCc1cc(Br)cnc1[C@@H]2C1CCNCC1. The summed E-state index contributed by atoms with van der Waals surface area (Å²) in [5, 5.41) is 42.4. The Labute approximate surface area is 805 Å². The molecule has 8 heterocycles. The topological polar surface area (TPSA) is 235 Å². The van der Waals surface area contributed by atoms with Gasteiger partial charge in [-0.25, -0.2) is 0 Å². The van der Waals surface area contributed by atoms with Crippen molar-refractivity contribution in [2.75, 3.05) is 58.6 Å². The van der Waals surface area contributed by atoms with Crippen LogP contribution in [0.4, 0.5) is 0 Å². The number of rotatable bonds is 11. The van der Waals surface area contributed by atoms with Crippen molar-refractivity contribution in [2.24, 2.45) is 17.8 Å². The molecule has 4 aliphatic heterocycles. The lowest BCUT2D eigenvalue weighted by molar-refractivity contribution is -0.308. The molecule has 1 amide bonds. The van der Waals surface area contributed by atoms with Crippen LogP contribution in [0.3, 0.4) is 0 Å². The van der Waals surface area contributed by atoms with Crippen molar-refractivity contribution in [1.29, 1.82) is 0 Å². The van der Waals surface area contributed by atoms with Crippen molar-refractivity contribution in [3.8, 4) is 0 Å². The smallest absolute Gasteiger partial charge is 0.376 e. The van der Waals surface area contributed by atoms with E-state index in [-0.39, 0.29) is 31.4 Å². The van der Waals surface area contributed by atoms with Gasteiger partial charge in [0.15, 0.2) is 0 Å². The average Bonchev–Trinajstić information content (AvgIpc) is 1.56. The van der Waals surface area contributed by atoms with E-state index in [9.17, 15) is 33.2 Å². The van der Waals surface area contributed by atoms with Gasteiger partial charge in [-0.3, -0.25) is 28.9 Å². The summed E-state index contributed by atoms with van der Waals surface area (Å²) < 4.78 is 35.2. The third-order valence-corrected chi connectivity index (χ3v) is 30.0. The molecule has 4 saturated heterocycles. The summed E-state index contributed by atoms with van der Waals surface area (Å²) in [7, 11) is -4.18. The Balaban J connectivity index is 0.000000136. The molecule has 0 spiro atoms. The number of piperidine rings is 4. The first-order valence-corrected chi connectivity index (χ1v) is 51.1. The number of carbonyl (C=O) groups excluding carboxylic acids is 2. The number of nitrogens with one attached hydrogen (secondary N) is 3. The van der Waals surface area contributed by atoms with E-state index in [1.807, 2.05) is 78.9 Å². The van der Waals surface area contributed by atoms with Gasteiger partial charge < -0.3 is 45.5 Å². The number of benzene rings is 5. The number of aliphatic carboxylic acids is 1. The Morgan fingerprint density at radius 1 is 0.500 bits per heavy atom. The second-order valence-electron chi connectivity index (χ2n) is 32.5. The molecule has 4 aromatic heterocycles. The fourth-order valence-corrected chi connectivity index (χ4v) is 24.9. The number of amides is 1. The number of pyridine rings is 4. The Hall–Kier alpha value is -3.56. The maximum atomic E-state index is 10.8. The first-order chi connectivity index (χ1) is 58.3. The van der Waals surface area contributed by atoms with E-state index in [1.165, 1.54) is 122 Å². The molecule has 17 nitrogen and oxygen atoms in total. The van der Waals surface area contributed by atoms with Crippen molar-refractivity contribution >= 4 is 210 Å². The minimum Gasteiger partial charge on any atom is -0.548 e. The number of aromatic nitrogens is 4. The van der Waals surface area contributed by atoms with Gasteiger partial charge in [0.1, 0.15) is 0 Å². The molecule has 32 heteroatoms. The Morgan fingerprint density at radius 3 is 1.23 bits per heavy atom. The van der Waals surface area contributed by atoms with Crippen LogP contribution in [0.25, 0.3) is 0 Å². The summed E-state index contributed by atoms with van der Waals surface area (Å²) >= 11 is 54.5. The molecule has 4 atom stereocenters. The van der Waals surface area contributed by atoms with Crippen LogP contribution >= 0.6 is 174 Å². The highest BCUT2D eigenvalue weighted by Crippen LogP contribution is 2.50. The number of hydrogen-bond acceptors (Lipinski definition) is 16. The monoisotopic (exact) mass is 2260 g/mol. The summed E-state index contributed by atoms with van der Waals surface area (Å²) in [6.07, 6.45) is 25.9. The van der Waals surface area contributed by atoms with Gasteiger partial charge >= 0.3 is 14.1 Å². The number of aryl methyl sites for hydroxylation is 8. The van der Waals surface area contributed by atoms with Crippen LogP contribution < -0.4 is 21.1 Å². The second kappa shape index (κ2) is 45.8. The highest BCUT2D eigenvalue weighted by molar-refractivity contribution is 9.11. The number of nitrogens with zero attached hydrogens (tertiary/aromatic N) is 6. The van der Waals surface area contributed by atoms with E-state index in [0.717, 1.165) is 178 Å². The zero-order chi connectivity index (χ0) is 87.2. The van der Waals surface area contributed by atoms with Crippen LogP contribution in [-0.4, -0.2) is 145 Å². The number of carboxylic acid groups (broad SMARTS) is 1. The molecular formula is C90H98B2Br8Cl4N9O8S-. The van der Waals surface area contributed by atoms with E-state index in [0.29, 0.717) is 55.5 Å². The lowest BCUT2D eigenvalue weighted by Gasteiger charge is -2.37. The van der Waals surface area contributed by atoms with E-state index in [4.69, 9.17) is 65.5 Å². The van der Waals surface area contributed by atoms with Crippen LogP contribution in [0.5, 0.6) is 0 Å². The zero-order valence-electron chi connectivity index (χ0n) is 68.3. The average molecular weight is 2270 g/mol. The van der Waals surface area contributed by atoms with Gasteiger partial charge in [0.2, 0.25) is 5.91 Å². The molecule has 4 aliphatic carbocycles. The molecule has 5 aromatic carbocycles. The van der Waals surface area contributed by atoms with Crippen molar-refractivity contribution in [2.45, 2.75) is 166 Å². The number of carbonyl (C=O) groups is 2.